The Morgan fingerprint density at radius 2 is 1.50 bits per heavy atom. The summed E-state index contributed by atoms with van der Waals surface area (Å²) in [5, 5.41) is 3.75. The minimum absolute atomic E-state index is 0. The van der Waals surface area contributed by atoms with E-state index in [2.05, 4.69) is 46.4 Å². The Balaban J connectivity index is 0.000001000. The molecule has 2 aromatic heterocycles. The molecule has 0 aliphatic heterocycles. The molecule has 0 radical (unpaired) electrons. The zero-order valence-electron chi connectivity index (χ0n) is 9.55. The number of nitrogens with one attached hydrogen (secondary N) is 1. The summed E-state index contributed by atoms with van der Waals surface area (Å²) < 4.78 is 0. The van der Waals surface area contributed by atoms with E-state index in [1.165, 1.54) is 21.7 Å². The van der Waals surface area contributed by atoms with E-state index in [1.54, 1.807) is 0 Å². The highest BCUT2D eigenvalue weighted by Gasteiger charge is 2.07. The topological polar surface area (TPSA) is 28.7 Å². The number of fused-ring (bicyclic) bond motifs is 5. The predicted molar refractivity (Wildman–Crippen MR) is 86.5 cm³/mol. The number of nitrogens with zero attached hydrogens (tertiary/aromatic N) is 1. The van der Waals surface area contributed by atoms with Gasteiger partial charge >= 0.3 is 0 Å². The van der Waals surface area contributed by atoms with Crippen LogP contribution in [0.15, 0.2) is 54.7 Å². The van der Waals surface area contributed by atoms with Gasteiger partial charge in [-0.3, -0.25) is 4.98 Å². The largest absolute Gasteiger partial charge is 0.353 e. The number of aromatic amines is 1. The monoisotopic (exact) mass is 346 g/mol. The van der Waals surface area contributed by atoms with Gasteiger partial charge in [0.15, 0.2) is 0 Å². The Morgan fingerprint density at radius 1 is 0.778 bits per heavy atom. The molecule has 88 valence electrons. The van der Waals surface area contributed by atoms with Gasteiger partial charge in [0.1, 0.15) is 0 Å². The lowest BCUT2D eigenvalue weighted by Crippen LogP contribution is -1.78. The summed E-state index contributed by atoms with van der Waals surface area (Å²) in [6, 6.07) is 16.6. The molecular weight excluding hydrogens is 335 g/mol. The quantitative estimate of drug-likeness (QED) is 0.467. The van der Waals surface area contributed by atoms with Crippen LogP contribution in [0.25, 0.3) is 32.7 Å². The number of aromatic nitrogens is 2. The van der Waals surface area contributed by atoms with Crippen LogP contribution in [0, 0.1) is 0 Å². The summed E-state index contributed by atoms with van der Waals surface area (Å²) in [4.78, 5) is 7.88. The van der Waals surface area contributed by atoms with Gasteiger partial charge in [-0.1, -0.05) is 36.4 Å². The molecule has 4 aromatic rings. The van der Waals surface area contributed by atoms with Gasteiger partial charge in [-0.15, -0.1) is 24.0 Å². The highest BCUT2D eigenvalue weighted by molar-refractivity contribution is 14.0. The summed E-state index contributed by atoms with van der Waals surface area (Å²) in [5.41, 5.74) is 3.32. The molecule has 0 aliphatic rings. The second kappa shape index (κ2) is 4.24. The van der Waals surface area contributed by atoms with E-state index in [0.29, 0.717) is 0 Å². The van der Waals surface area contributed by atoms with Crippen LogP contribution in [-0.2, 0) is 0 Å². The maximum absolute atomic E-state index is 4.47. The van der Waals surface area contributed by atoms with Gasteiger partial charge in [0.25, 0.3) is 0 Å². The minimum atomic E-state index is 0. The Kier molecular flexibility index (Phi) is 2.70. The molecular formula is C15H11IN2. The molecule has 0 saturated heterocycles. The number of hydrogen-bond acceptors (Lipinski definition) is 1. The highest BCUT2D eigenvalue weighted by Crippen LogP contribution is 2.30. The zero-order chi connectivity index (χ0) is 11.2. The van der Waals surface area contributed by atoms with Crippen LogP contribution in [0.4, 0.5) is 0 Å². The van der Waals surface area contributed by atoms with Gasteiger partial charge in [0.2, 0.25) is 0 Å². The fourth-order valence-electron chi connectivity index (χ4n) is 2.48. The number of H-pyrrole nitrogens is 1. The van der Waals surface area contributed by atoms with Crippen molar-refractivity contribution in [1.29, 1.82) is 0 Å². The van der Waals surface area contributed by atoms with Crippen LogP contribution in [0.5, 0.6) is 0 Å². The van der Waals surface area contributed by atoms with Crippen LogP contribution in [0.1, 0.15) is 0 Å². The molecule has 18 heavy (non-hydrogen) atoms. The highest BCUT2D eigenvalue weighted by atomic mass is 127. The van der Waals surface area contributed by atoms with Crippen molar-refractivity contribution in [2.75, 3.05) is 0 Å². The SMILES string of the molecule is I.c1ccc2c(c1)ncc1[nH]c3ccccc3c12. The average molecular weight is 346 g/mol. The fraction of sp³-hybridized carbons (Fsp3) is 0. The first-order valence-electron chi connectivity index (χ1n) is 5.68. The Hall–Kier alpha value is -1.62. The van der Waals surface area contributed by atoms with Crippen LogP contribution >= 0.6 is 24.0 Å². The molecule has 0 saturated carbocycles. The van der Waals surface area contributed by atoms with Crippen molar-refractivity contribution in [3.8, 4) is 0 Å². The smallest absolute Gasteiger partial charge is 0.0709 e. The van der Waals surface area contributed by atoms with Crippen molar-refractivity contribution >= 4 is 56.7 Å². The number of halogens is 1. The van der Waals surface area contributed by atoms with E-state index in [0.717, 1.165) is 11.0 Å². The molecule has 0 bridgehead atoms. The van der Waals surface area contributed by atoms with Gasteiger partial charge in [-0.05, 0) is 12.1 Å². The fourth-order valence-corrected chi connectivity index (χ4v) is 2.48. The molecule has 0 amide bonds. The first-order chi connectivity index (χ1) is 8.43. The van der Waals surface area contributed by atoms with Gasteiger partial charge in [-0.25, -0.2) is 0 Å². The third-order valence-corrected chi connectivity index (χ3v) is 3.24. The van der Waals surface area contributed by atoms with Crippen LogP contribution in [-0.4, -0.2) is 9.97 Å². The van der Waals surface area contributed by atoms with E-state index in [1.807, 2.05) is 18.3 Å². The maximum atomic E-state index is 4.47. The Morgan fingerprint density at radius 3 is 2.39 bits per heavy atom. The lowest BCUT2D eigenvalue weighted by molar-refractivity contribution is 1.41. The second-order valence-corrected chi connectivity index (χ2v) is 4.23. The molecule has 2 heterocycles. The average Bonchev–Trinajstić information content (AvgIpc) is 2.77. The zero-order valence-corrected chi connectivity index (χ0v) is 11.9. The Bertz CT molecular complexity index is 843. The lowest BCUT2D eigenvalue weighted by Gasteiger charge is -1.98. The molecule has 4 rings (SSSR count). The first-order valence-corrected chi connectivity index (χ1v) is 5.68. The van der Waals surface area contributed by atoms with Crippen molar-refractivity contribution in [1.82, 2.24) is 9.97 Å². The van der Waals surface area contributed by atoms with E-state index in [9.17, 15) is 0 Å². The molecule has 2 aromatic carbocycles. The number of benzene rings is 2. The number of para-hydroxylation sites is 2. The molecule has 0 unspecified atom stereocenters. The normalized spacial score (nSPS) is 10.9. The standard InChI is InChI=1S/C15H10N2.HI/c1-3-7-12-10(5-1)15-11-6-2-4-8-13(11)17-14(15)9-16-12;/h1-9,17H;1H. The minimum Gasteiger partial charge on any atom is -0.353 e. The molecule has 0 atom stereocenters. The van der Waals surface area contributed by atoms with Gasteiger partial charge in [0, 0.05) is 21.7 Å². The predicted octanol–water partition coefficient (Wildman–Crippen LogP) is 4.49. The molecule has 0 fully saturated rings. The van der Waals surface area contributed by atoms with Crippen molar-refractivity contribution < 1.29 is 0 Å². The van der Waals surface area contributed by atoms with Crippen LogP contribution in [0.2, 0.25) is 0 Å². The van der Waals surface area contributed by atoms with Gasteiger partial charge in [-0.2, -0.15) is 0 Å². The summed E-state index contributed by atoms with van der Waals surface area (Å²) in [6.45, 7) is 0. The molecule has 1 N–H and O–H groups in total. The van der Waals surface area contributed by atoms with Crippen molar-refractivity contribution in [2.45, 2.75) is 0 Å². The van der Waals surface area contributed by atoms with Gasteiger partial charge in [0.05, 0.1) is 17.2 Å². The molecule has 0 aliphatic carbocycles. The number of rotatable bonds is 0. The van der Waals surface area contributed by atoms with E-state index in [4.69, 9.17) is 0 Å². The summed E-state index contributed by atoms with van der Waals surface area (Å²) in [6.07, 6.45) is 1.91. The van der Waals surface area contributed by atoms with E-state index < -0.39 is 0 Å². The van der Waals surface area contributed by atoms with Gasteiger partial charge < -0.3 is 4.98 Å². The maximum Gasteiger partial charge on any atom is 0.0709 e. The molecule has 3 heteroatoms. The van der Waals surface area contributed by atoms with Crippen molar-refractivity contribution in [3.05, 3.63) is 54.7 Å². The van der Waals surface area contributed by atoms with Crippen molar-refractivity contribution in [2.24, 2.45) is 0 Å². The summed E-state index contributed by atoms with van der Waals surface area (Å²) in [7, 11) is 0. The number of pyridine rings is 1. The summed E-state index contributed by atoms with van der Waals surface area (Å²) in [5.74, 6) is 0. The molecule has 0 spiro atoms. The summed E-state index contributed by atoms with van der Waals surface area (Å²) >= 11 is 0. The molecule has 2 nitrogen and oxygen atoms in total. The number of hydrogen-bond donors (Lipinski definition) is 1. The van der Waals surface area contributed by atoms with Crippen LogP contribution in [0.3, 0.4) is 0 Å². The lowest BCUT2D eigenvalue weighted by atomic mass is 10.1. The van der Waals surface area contributed by atoms with E-state index >= 15 is 0 Å². The second-order valence-electron chi connectivity index (χ2n) is 4.23. The van der Waals surface area contributed by atoms with Crippen LogP contribution < -0.4 is 0 Å². The third kappa shape index (κ3) is 1.50. The van der Waals surface area contributed by atoms with E-state index in [-0.39, 0.29) is 24.0 Å². The first kappa shape index (κ1) is 11.5. The Labute approximate surface area is 121 Å². The third-order valence-electron chi connectivity index (χ3n) is 3.24. The van der Waals surface area contributed by atoms with Crippen molar-refractivity contribution in [3.63, 3.8) is 0 Å².